The fourth-order valence-electron chi connectivity index (χ4n) is 1.04. The van der Waals surface area contributed by atoms with Gasteiger partial charge in [-0.25, -0.2) is 0 Å². The number of hydrogen-bond donors (Lipinski definition) is 3. The Kier molecular flexibility index (Phi) is 9.18. The Bertz CT molecular complexity index is 196. The third-order valence-corrected chi connectivity index (χ3v) is 1.95. The molecule has 0 rings (SSSR count). The van der Waals surface area contributed by atoms with Crippen molar-refractivity contribution in [2.24, 2.45) is 5.16 Å². The van der Waals surface area contributed by atoms with E-state index in [0.717, 1.165) is 12.1 Å². The van der Waals surface area contributed by atoms with Gasteiger partial charge in [0.25, 0.3) is 0 Å². The molecule has 0 aromatic rings. The molecule has 5 nitrogen and oxygen atoms in total. The topological polar surface area (TPSA) is 74.1 Å². The predicted octanol–water partition coefficient (Wildman–Crippen LogP) is 0.510. The lowest BCUT2D eigenvalue weighted by Gasteiger charge is -2.12. The number of aliphatic hydroxyl groups is 2. The number of rotatable bonds is 9. The molecule has 0 aromatic carbocycles. The maximum Gasteiger partial charge on any atom is 0.144 e. The van der Waals surface area contributed by atoms with Crippen LogP contribution in [0.4, 0.5) is 0 Å². The lowest BCUT2D eigenvalue weighted by molar-refractivity contribution is 0.0390. The molecule has 0 bridgehead atoms. The average Bonchev–Trinajstić information content (AvgIpc) is 2.23. The highest BCUT2D eigenvalue weighted by Gasteiger charge is 2.04. The summed E-state index contributed by atoms with van der Waals surface area (Å²) in [5.74, 6) is 0. The SMILES string of the molecule is C/C(CCCO)=N\OCC(O)CNC(C)C. The Hall–Kier alpha value is -0.650. The molecule has 0 saturated heterocycles. The van der Waals surface area contributed by atoms with Crippen LogP contribution in [-0.2, 0) is 4.84 Å². The summed E-state index contributed by atoms with van der Waals surface area (Å²) >= 11 is 0. The van der Waals surface area contributed by atoms with Crippen molar-refractivity contribution in [3.05, 3.63) is 0 Å². The van der Waals surface area contributed by atoms with Crippen molar-refractivity contribution in [1.29, 1.82) is 0 Å². The summed E-state index contributed by atoms with van der Waals surface area (Å²) in [4.78, 5) is 5.00. The molecule has 1 atom stereocenters. The molecule has 0 saturated carbocycles. The second-order valence-electron chi connectivity index (χ2n) is 4.17. The van der Waals surface area contributed by atoms with Gasteiger partial charge in [0.05, 0.1) is 5.71 Å². The molecule has 0 amide bonds. The third kappa shape index (κ3) is 9.89. The van der Waals surface area contributed by atoms with Gasteiger partial charge in [0.1, 0.15) is 12.7 Å². The smallest absolute Gasteiger partial charge is 0.144 e. The highest BCUT2D eigenvalue weighted by Crippen LogP contribution is 1.94. The van der Waals surface area contributed by atoms with Crippen molar-refractivity contribution in [3.8, 4) is 0 Å². The Balaban J connectivity index is 3.55. The third-order valence-electron chi connectivity index (χ3n) is 1.95. The maximum atomic E-state index is 9.49. The van der Waals surface area contributed by atoms with Crippen molar-refractivity contribution < 1.29 is 15.1 Å². The Morgan fingerprint density at radius 1 is 1.44 bits per heavy atom. The van der Waals surface area contributed by atoms with Crippen LogP contribution in [-0.4, -0.2) is 47.8 Å². The lowest BCUT2D eigenvalue weighted by Crippen LogP contribution is -2.34. The quantitative estimate of drug-likeness (QED) is 0.400. The van der Waals surface area contributed by atoms with E-state index in [1.165, 1.54) is 0 Å². The number of nitrogens with one attached hydrogen (secondary N) is 1. The highest BCUT2D eigenvalue weighted by atomic mass is 16.6. The number of hydrogen-bond acceptors (Lipinski definition) is 5. The number of nitrogens with zero attached hydrogens (tertiary/aromatic N) is 1. The van der Waals surface area contributed by atoms with Crippen molar-refractivity contribution >= 4 is 5.71 Å². The van der Waals surface area contributed by atoms with Crippen LogP contribution >= 0.6 is 0 Å². The molecule has 0 radical (unpaired) electrons. The first-order valence-electron chi connectivity index (χ1n) is 5.74. The lowest BCUT2D eigenvalue weighted by atomic mass is 10.2. The van der Waals surface area contributed by atoms with E-state index < -0.39 is 6.10 Å². The molecule has 16 heavy (non-hydrogen) atoms. The summed E-state index contributed by atoms with van der Waals surface area (Å²) in [6, 6.07) is 0.351. The first-order chi connectivity index (χ1) is 7.56. The summed E-state index contributed by atoms with van der Waals surface area (Å²) in [6.45, 7) is 6.73. The number of oxime groups is 1. The minimum Gasteiger partial charge on any atom is -0.396 e. The zero-order valence-corrected chi connectivity index (χ0v) is 10.4. The summed E-state index contributed by atoms with van der Waals surface area (Å²) in [7, 11) is 0. The van der Waals surface area contributed by atoms with Gasteiger partial charge in [-0.15, -0.1) is 0 Å². The van der Waals surface area contributed by atoms with E-state index in [2.05, 4.69) is 10.5 Å². The van der Waals surface area contributed by atoms with Crippen LogP contribution in [0.5, 0.6) is 0 Å². The molecule has 0 aromatic heterocycles. The predicted molar refractivity (Wildman–Crippen MR) is 64.5 cm³/mol. The zero-order valence-electron chi connectivity index (χ0n) is 10.4. The molecule has 0 aliphatic heterocycles. The molecule has 0 aliphatic rings. The van der Waals surface area contributed by atoms with Crippen LogP contribution in [0.25, 0.3) is 0 Å². The highest BCUT2D eigenvalue weighted by molar-refractivity contribution is 5.81. The Morgan fingerprint density at radius 3 is 2.69 bits per heavy atom. The fraction of sp³-hybridized carbons (Fsp3) is 0.909. The van der Waals surface area contributed by atoms with Gasteiger partial charge >= 0.3 is 0 Å². The van der Waals surface area contributed by atoms with Gasteiger partial charge in [-0.1, -0.05) is 19.0 Å². The van der Waals surface area contributed by atoms with Crippen LogP contribution in [0.1, 0.15) is 33.6 Å². The molecule has 5 heteroatoms. The van der Waals surface area contributed by atoms with Gasteiger partial charge < -0.3 is 20.4 Å². The van der Waals surface area contributed by atoms with Crippen molar-refractivity contribution in [2.75, 3.05) is 19.8 Å². The van der Waals surface area contributed by atoms with Crippen LogP contribution in [0.3, 0.4) is 0 Å². The fourth-order valence-corrected chi connectivity index (χ4v) is 1.04. The molecular formula is C11H24N2O3. The van der Waals surface area contributed by atoms with Gasteiger partial charge in [-0.2, -0.15) is 0 Å². The zero-order chi connectivity index (χ0) is 12.4. The first-order valence-corrected chi connectivity index (χ1v) is 5.74. The molecule has 0 aliphatic carbocycles. The first kappa shape index (κ1) is 15.3. The summed E-state index contributed by atoms with van der Waals surface area (Å²) in [5.41, 5.74) is 0.832. The van der Waals surface area contributed by atoms with Gasteiger partial charge in [0.15, 0.2) is 0 Å². The minimum atomic E-state index is -0.545. The van der Waals surface area contributed by atoms with Crippen molar-refractivity contribution in [3.63, 3.8) is 0 Å². The molecule has 96 valence electrons. The Morgan fingerprint density at radius 2 is 2.12 bits per heavy atom. The van der Waals surface area contributed by atoms with Gasteiger partial charge in [-0.05, 0) is 19.8 Å². The van der Waals surface area contributed by atoms with E-state index in [1.807, 2.05) is 20.8 Å². The number of aliphatic hydroxyl groups excluding tert-OH is 2. The molecule has 3 N–H and O–H groups in total. The van der Waals surface area contributed by atoms with Crippen LogP contribution in [0, 0.1) is 0 Å². The van der Waals surface area contributed by atoms with E-state index >= 15 is 0 Å². The van der Waals surface area contributed by atoms with Crippen LogP contribution in [0.15, 0.2) is 5.16 Å². The summed E-state index contributed by atoms with van der Waals surface area (Å²) in [6.07, 6.45) is 0.865. The largest absolute Gasteiger partial charge is 0.396 e. The van der Waals surface area contributed by atoms with Crippen molar-refractivity contribution in [2.45, 2.75) is 45.8 Å². The van der Waals surface area contributed by atoms with Crippen molar-refractivity contribution in [1.82, 2.24) is 5.32 Å². The molecule has 1 unspecified atom stereocenters. The average molecular weight is 232 g/mol. The van der Waals surface area contributed by atoms with E-state index in [0.29, 0.717) is 19.0 Å². The van der Waals surface area contributed by atoms with Gasteiger partial charge in [0, 0.05) is 19.2 Å². The van der Waals surface area contributed by atoms with E-state index in [9.17, 15) is 5.11 Å². The van der Waals surface area contributed by atoms with E-state index in [4.69, 9.17) is 9.94 Å². The molecular weight excluding hydrogens is 208 g/mol. The van der Waals surface area contributed by atoms with E-state index in [1.54, 1.807) is 0 Å². The normalized spacial score (nSPS) is 14.2. The molecule has 0 spiro atoms. The molecule has 0 fully saturated rings. The van der Waals surface area contributed by atoms with Crippen LogP contribution in [0.2, 0.25) is 0 Å². The summed E-state index contributed by atoms with van der Waals surface area (Å²) in [5, 5.41) is 25.0. The van der Waals surface area contributed by atoms with Gasteiger partial charge in [0.2, 0.25) is 0 Å². The summed E-state index contributed by atoms with van der Waals surface area (Å²) < 4.78 is 0. The second kappa shape index (κ2) is 9.57. The maximum absolute atomic E-state index is 9.49. The molecule has 0 heterocycles. The van der Waals surface area contributed by atoms with E-state index in [-0.39, 0.29) is 13.2 Å². The second-order valence-corrected chi connectivity index (χ2v) is 4.17. The van der Waals surface area contributed by atoms with Crippen LogP contribution < -0.4 is 5.32 Å². The standard InChI is InChI=1S/C11H24N2O3/c1-9(2)12-7-11(15)8-16-13-10(3)5-4-6-14/h9,11-12,14-15H,4-8H2,1-3H3/b13-10+. The monoisotopic (exact) mass is 232 g/mol. The Labute approximate surface area is 97.5 Å². The minimum absolute atomic E-state index is 0.161. The van der Waals surface area contributed by atoms with Gasteiger partial charge in [-0.3, -0.25) is 0 Å².